The van der Waals surface area contributed by atoms with Gasteiger partial charge in [0.1, 0.15) is 0 Å². The van der Waals surface area contributed by atoms with Crippen LogP contribution in [0.1, 0.15) is 14.9 Å². The molecule has 0 bridgehead atoms. The van der Waals surface area contributed by atoms with Crippen LogP contribution in [0, 0.1) is 0 Å². The molecule has 59 heavy (non-hydrogen) atoms. The number of hydrogen-bond acceptors (Lipinski definition) is 1. The van der Waals surface area contributed by atoms with Gasteiger partial charge in [0.2, 0.25) is 0 Å². The van der Waals surface area contributed by atoms with Crippen LogP contribution in [0.15, 0.2) is 243 Å². The average Bonchev–Trinajstić information content (AvgIpc) is 3.63. The zero-order valence-electron chi connectivity index (χ0n) is 31.5. The van der Waals surface area contributed by atoms with E-state index in [0.29, 0.717) is 0 Å². The first-order chi connectivity index (χ1) is 28.3. The molecule has 0 spiro atoms. The van der Waals surface area contributed by atoms with E-state index < -0.39 is 8.07 Å². The van der Waals surface area contributed by atoms with Gasteiger partial charge in [-0.25, -0.2) is 0 Å². The normalized spacial score (nSPS) is 11.1. The van der Waals surface area contributed by atoms with Crippen molar-refractivity contribution in [1.29, 1.82) is 0 Å². The van der Waals surface area contributed by atoms with E-state index >= 15 is 0 Å². The highest BCUT2D eigenvalue weighted by molar-refractivity contribution is 7.19. The van der Waals surface area contributed by atoms with Crippen molar-refractivity contribution in [2.75, 3.05) is 4.90 Å². The van der Waals surface area contributed by atoms with E-state index in [-0.39, 0.29) is 14.9 Å². The van der Waals surface area contributed by atoms with Crippen molar-refractivity contribution in [1.82, 2.24) is 4.57 Å². The standard InChI is InChI=1S/C54H40N2Si.2CH4/c1-6-18-43(19-7-1)55(46-36-39-54-52(40-46)51-28-16-17-29-53(51)56(54)44-20-8-2-9-21-44)45-34-30-41(31-35-45)42-32-37-50(38-33-42)57(47-22-10-3-11-23-47,48-24-12-4-13-25-48)49-26-14-5-15-27-49;;/h1-40H;2*1H4. The molecule has 9 aromatic carbocycles. The van der Waals surface area contributed by atoms with Gasteiger partial charge in [0, 0.05) is 33.5 Å². The van der Waals surface area contributed by atoms with Crippen LogP contribution in [0.3, 0.4) is 0 Å². The topological polar surface area (TPSA) is 8.17 Å². The predicted octanol–water partition coefficient (Wildman–Crippen LogP) is 12.6. The van der Waals surface area contributed by atoms with Gasteiger partial charge in [0.25, 0.3) is 0 Å². The number of anilines is 3. The Hall–Kier alpha value is -7.20. The number of fused-ring (bicyclic) bond motifs is 3. The molecular formula is C56H48N2Si. The molecule has 0 N–H and O–H groups in total. The second-order valence-electron chi connectivity index (χ2n) is 14.5. The number of rotatable bonds is 9. The fourth-order valence-corrected chi connectivity index (χ4v) is 13.5. The molecule has 0 aliphatic rings. The van der Waals surface area contributed by atoms with Crippen LogP contribution in [-0.4, -0.2) is 12.6 Å². The largest absolute Gasteiger partial charge is 0.310 e. The Morgan fingerprint density at radius 2 is 0.695 bits per heavy atom. The van der Waals surface area contributed by atoms with Crippen LogP contribution in [0.25, 0.3) is 38.6 Å². The second-order valence-corrected chi connectivity index (χ2v) is 18.3. The van der Waals surface area contributed by atoms with Crippen LogP contribution in [-0.2, 0) is 0 Å². The van der Waals surface area contributed by atoms with Gasteiger partial charge >= 0.3 is 0 Å². The van der Waals surface area contributed by atoms with Crippen molar-refractivity contribution in [2.24, 2.45) is 0 Å². The van der Waals surface area contributed by atoms with E-state index in [0.717, 1.165) is 22.7 Å². The average molecular weight is 777 g/mol. The third-order valence-electron chi connectivity index (χ3n) is 11.3. The molecule has 0 aliphatic heterocycles. The Morgan fingerprint density at radius 1 is 0.305 bits per heavy atom. The molecule has 10 aromatic rings. The van der Waals surface area contributed by atoms with E-state index in [9.17, 15) is 0 Å². The molecule has 0 fully saturated rings. The van der Waals surface area contributed by atoms with Crippen molar-refractivity contribution in [3.05, 3.63) is 243 Å². The third-order valence-corrected chi connectivity index (χ3v) is 16.1. The van der Waals surface area contributed by atoms with E-state index in [4.69, 9.17) is 0 Å². The molecule has 3 heteroatoms. The molecule has 1 heterocycles. The third kappa shape index (κ3) is 6.86. The Morgan fingerprint density at radius 3 is 1.24 bits per heavy atom. The zero-order chi connectivity index (χ0) is 38.0. The molecule has 0 saturated carbocycles. The first kappa shape index (κ1) is 38.7. The quantitative estimate of drug-likeness (QED) is 0.105. The van der Waals surface area contributed by atoms with Gasteiger partial charge in [-0.05, 0) is 92.5 Å². The molecule has 0 radical (unpaired) electrons. The van der Waals surface area contributed by atoms with Gasteiger partial charge in [0.15, 0.2) is 8.07 Å². The maximum Gasteiger partial charge on any atom is 0.179 e. The van der Waals surface area contributed by atoms with Gasteiger partial charge in [0.05, 0.1) is 11.0 Å². The summed E-state index contributed by atoms with van der Waals surface area (Å²) in [5.74, 6) is 0. The lowest BCUT2D eigenvalue weighted by molar-refractivity contribution is 1.18. The van der Waals surface area contributed by atoms with Gasteiger partial charge in [-0.15, -0.1) is 0 Å². The van der Waals surface area contributed by atoms with Gasteiger partial charge in [-0.2, -0.15) is 0 Å². The Labute approximate surface area is 349 Å². The van der Waals surface area contributed by atoms with Gasteiger partial charge in [-0.3, -0.25) is 0 Å². The van der Waals surface area contributed by atoms with Crippen molar-refractivity contribution in [2.45, 2.75) is 14.9 Å². The number of aromatic nitrogens is 1. The summed E-state index contributed by atoms with van der Waals surface area (Å²) < 4.78 is 2.37. The Kier molecular flexibility index (Phi) is 11.0. The molecule has 2 nitrogen and oxygen atoms in total. The molecule has 286 valence electrons. The molecule has 0 saturated heterocycles. The maximum absolute atomic E-state index is 2.59. The van der Waals surface area contributed by atoms with Crippen molar-refractivity contribution in [3.8, 4) is 16.8 Å². The molecule has 10 rings (SSSR count). The number of hydrogen-bond donors (Lipinski definition) is 0. The van der Waals surface area contributed by atoms with Gasteiger partial charge < -0.3 is 9.47 Å². The van der Waals surface area contributed by atoms with Crippen molar-refractivity contribution in [3.63, 3.8) is 0 Å². The monoisotopic (exact) mass is 776 g/mol. The van der Waals surface area contributed by atoms with Crippen LogP contribution >= 0.6 is 0 Å². The fourth-order valence-electron chi connectivity index (χ4n) is 8.76. The minimum atomic E-state index is -2.59. The maximum atomic E-state index is 2.37. The highest BCUT2D eigenvalue weighted by Crippen LogP contribution is 2.40. The Bertz CT molecular complexity index is 2810. The molecule has 0 amide bonds. The SMILES string of the molecule is C.C.c1ccc(N(c2ccc(-c3ccc([Si](c4ccccc4)(c4ccccc4)c4ccccc4)cc3)cc2)c2ccc3c(c2)c2ccccc2n3-c2ccccc2)cc1. The van der Waals surface area contributed by atoms with Crippen molar-refractivity contribution < 1.29 is 0 Å². The lowest BCUT2D eigenvalue weighted by Gasteiger charge is -2.34. The zero-order valence-corrected chi connectivity index (χ0v) is 32.5. The molecule has 0 unspecified atom stereocenters. The first-order valence-corrected chi connectivity index (χ1v) is 21.6. The number of nitrogens with zero attached hydrogens (tertiary/aromatic N) is 2. The van der Waals surface area contributed by atoms with Crippen LogP contribution < -0.4 is 25.6 Å². The number of benzene rings is 9. The minimum Gasteiger partial charge on any atom is -0.310 e. The molecule has 0 aliphatic carbocycles. The van der Waals surface area contributed by atoms with E-state index in [1.165, 1.54) is 53.7 Å². The Balaban J connectivity index is 0.00000242. The van der Waals surface area contributed by atoms with Crippen LogP contribution in [0.2, 0.25) is 0 Å². The summed E-state index contributed by atoms with van der Waals surface area (Å²) in [6.07, 6.45) is 0. The minimum absolute atomic E-state index is 0. The van der Waals surface area contributed by atoms with E-state index in [2.05, 4.69) is 252 Å². The summed E-state index contributed by atoms with van der Waals surface area (Å²) >= 11 is 0. The summed E-state index contributed by atoms with van der Waals surface area (Å²) in [7, 11) is -2.59. The molecular weight excluding hydrogens is 729 g/mol. The fraction of sp³-hybridized carbons (Fsp3) is 0.0357. The van der Waals surface area contributed by atoms with E-state index in [1.54, 1.807) is 0 Å². The first-order valence-electron chi connectivity index (χ1n) is 19.6. The summed E-state index contributed by atoms with van der Waals surface area (Å²) in [6.45, 7) is 0. The predicted molar refractivity (Wildman–Crippen MR) is 258 cm³/mol. The van der Waals surface area contributed by atoms with Gasteiger partial charge in [-0.1, -0.05) is 197 Å². The van der Waals surface area contributed by atoms with Crippen LogP contribution in [0.4, 0.5) is 17.1 Å². The molecule has 0 atom stereocenters. The lowest BCUT2D eigenvalue weighted by atomic mass is 10.0. The summed E-state index contributed by atoms with van der Waals surface area (Å²) in [5.41, 5.74) is 9.28. The van der Waals surface area contributed by atoms with Crippen LogP contribution in [0.5, 0.6) is 0 Å². The second kappa shape index (κ2) is 16.7. The smallest absolute Gasteiger partial charge is 0.179 e. The number of para-hydroxylation sites is 3. The summed E-state index contributed by atoms with van der Waals surface area (Å²) in [6, 6.07) is 88.6. The highest BCUT2D eigenvalue weighted by Gasteiger charge is 2.41. The molecule has 1 aromatic heterocycles. The van der Waals surface area contributed by atoms with E-state index in [1.807, 2.05) is 0 Å². The summed E-state index contributed by atoms with van der Waals surface area (Å²) in [5, 5.41) is 7.97. The summed E-state index contributed by atoms with van der Waals surface area (Å²) in [4.78, 5) is 2.36. The lowest BCUT2D eigenvalue weighted by Crippen LogP contribution is -2.74. The van der Waals surface area contributed by atoms with Crippen molar-refractivity contribution >= 4 is 67.7 Å². The highest BCUT2D eigenvalue weighted by atomic mass is 28.3.